The molecule has 0 amide bonds. The number of hydrogen-bond donors (Lipinski definition) is 0. The molecule has 0 unspecified atom stereocenters. The van der Waals surface area contributed by atoms with E-state index in [-0.39, 0.29) is 0 Å². The summed E-state index contributed by atoms with van der Waals surface area (Å²) in [6.07, 6.45) is 10.2. The smallest absolute Gasteiger partial charge is 0.0151 e. The monoisotopic (exact) mass is 270 g/mol. The largest absolute Gasteiger partial charge is 0.160 e. The lowest BCUT2D eigenvalue weighted by Gasteiger charge is -2.52. The maximum absolute atomic E-state index is 2.46. The van der Waals surface area contributed by atoms with Gasteiger partial charge in [-0.2, -0.15) is 11.8 Å². The fraction of sp³-hybridized carbons (Fsp3) is 0.556. The normalized spacial score (nSPS) is 35.7. The number of rotatable bonds is 0. The first-order chi connectivity index (χ1) is 9.19. The molecule has 1 aliphatic heterocycles. The second-order valence-electron chi connectivity index (χ2n) is 6.79. The van der Waals surface area contributed by atoms with E-state index >= 15 is 0 Å². The summed E-state index contributed by atoms with van der Waals surface area (Å²) < 4.78 is 0. The van der Waals surface area contributed by atoms with Gasteiger partial charge < -0.3 is 0 Å². The van der Waals surface area contributed by atoms with E-state index in [0.29, 0.717) is 10.8 Å². The van der Waals surface area contributed by atoms with Crippen LogP contribution in [0.25, 0.3) is 0 Å². The van der Waals surface area contributed by atoms with Crippen LogP contribution >= 0.6 is 11.8 Å². The Hall–Kier alpha value is -0.690. The predicted octanol–water partition coefficient (Wildman–Crippen LogP) is 4.57. The van der Waals surface area contributed by atoms with E-state index in [2.05, 4.69) is 49.9 Å². The molecule has 2 atom stereocenters. The summed E-state index contributed by atoms with van der Waals surface area (Å²) in [4.78, 5) is 0. The number of benzene rings is 1. The van der Waals surface area contributed by atoms with E-state index in [4.69, 9.17) is 0 Å². The Balaban J connectivity index is 2.03. The van der Waals surface area contributed by atoms with E-state index in [1.54, 1.807) is 16.7 Å². The van der Waals surface area contributed by atoms with Gasteiger partial charge in [0, 0.05) is 16.9 Å². The number of aryl methyl sites for hydroxylation is 2. The minimum Gasteiger partial charge on any atom is -0.160 e. The number of thioether (sulfide) groups is 1. The highest BCUT2D eigenvalue weighted by Crippen LogP contribution is 2.63. The molecule has 0 spiro atoms. The summed E-state index contributed by atoms with van der Waals surface area (Å²) >= 11 is 2.20. The molecule has 0 nitrogen and oxygen atoms in total. The van der Waals surface area contributed by atoms with Gasteiger partial charge in [-0.25, -0.2) is 0 Å². The van der Waals surface area contributed by atoms with Crippen molar-refractivity contribution in [2.75, 3.05) is 11.5 Å². The van der Waals surface area contributed by atoms with Crippen molar-refractivity contribution < 1.29 is 0 Å². The molecular weight excluding hydrogens is 248 g/mol. The molecule has 0 N–H and O–H groups in total. The summed E-state index contributed by atoms with van der Waals surface area (Å²) in [5, 5.41) is 0. The van der Waals surface area contributed by atoms with Crippen molar-refractivity contribution in [3.05, 3.63) is 46.5 Å². The first kappa shape index (κ1) is 12.1. The highest BCUT2D eigenvalue weighted by molar-refractivity contribution is 7.99. The summed E-state index contributed by atoms with van der Waals surface area (Å²) in [5.74, 6) is 2.72. The molecule has 3 aliphatic rings. The van der Waals surface area contributed by atoms with Gasteiger partial charge >= 0.3 is 0 Å². The third kappa shape index (κ3) is 1.38. The molecule has 0 bridgehead atoms. The van der Waals surface area contributed by atoms with E-state index in [1.807, 2.05) is 0 Å². The number of hydrogen-bond acceptors (Lipinski definition) is 1. The number of fused-ring (bicyclic) bond motifs is 1. The summed E-state index contributed by atoms with van der Waals surface area (Å²) in [6, 6.07) is 4.69. The highest BCUT2D eigenvalue weighted by atomic mass is 32.2. The van der Waals surface area contributed by atoms with Crippen LogP contribution < -0.4 is 0 Å². The minimum absolute atomic E-state index is 0.454. The maximum Gasteiger partial charge on any atom is 0.0151 e. The van der Waals surface area contributed by atoms with E-state index < -0.39 is 0 Å². The lowest BCUT2D eigenvalue weighted by atomic mass is 9.50. The fourth-order valence-electron chi connectivity index (χ4n) is 4.91. The third-order valence-electron chi connectivity index (χ3n) is 5.97. The van der Waals surface area contributed by atoms with Crippen molar-refractivity contribution in [3.63, 3.8) is 0 Å². The second kappa shape index (κ2) is 3.91. The first-order valence-corrected chi connectivity index (χ1v) is 8.66. The molecule has 1 aromatic rings. The van der Waals surface area contributed by atoms with Crippen LogP contribution in [0.5, 0.6) is 0 Å². The lowest BCUT2D eigenvalue weighted by Crippen LogP contribution is -2.50. The predicted molar refractivity (Wildman–Crippen MR) is 84.0 cm³/mol. The molecular formula is C18H22S. The molecule has 2 aliphatic carbocycles. The van der Waals surface area contributed by atoms with Gasteiger partial charge in [-0.3, -0.25) is 0 Å². The summed E-state index contributed by atoms with van der Waals surface area (Å²) in [5.41, 5.74) is 7.52. The minimum atomic E-state index is 0.454. The zero-order valence-corrected chi connectivity index (χ0v) is 12.8. The summed E-state index contributed by atoms with van der Waals surface area (Å²) in [7, 11) is 0. The van der Waals surface area contributed by atoms with Gasteiger partial charge in [0.05, 0.1) is 0 Å². The van der Waals surface area contributed by atoms with Crippen LogP contribution in [0.15, 0.2) is 24.3 Å². The highest BCUT2D eigenvalue weighted by Gasteiger charge is 2.58. The number of allylic oxidation sites excluding steroid dienone is 2. The average molecular weight is 270 g/mol. The Labute approximate surface area is 120 Å². The molecule has 1 heterocycles. The summed E-state index contributed by atoms with van der Waals surface area (Å²) in [6.45, 7) is 4.65. The second-order valence-corrected chi connectivity index (χ2v) is 7.77. The average Bonchev–Trinajstić information content (AvgIpc) is 2.82. The molecule has 0 saturated carbocycles. The zero-order valence-electron chi connectivity index (χ0n) is 12.0. The van der Waals surface area contributed by atoms with Gasteiger partial charge in [0.2, 0.25) is 0 Å². The first-order valence-electron chi connectivity index (χ1n) is 7.51. The molecule has 0 radical (unpaired) electrons. The zero-order chi connectivity index (χ0) is 13.1. The third-order valence-corrected chi connectivity index (χ3v) is 7.42. The van der Waals surface area contributed by atoms with Gasteiger partial charge in [-0.05, 0) is 67.2 Å². The molecule has 100 valence electrons. The van der Waals surface area contributed by atoms with Gasteiger partial charge in [0.15, 0.2) is 0 Å². The molecule has 0 aromatic heterocycles. The Bertz CT molecular complexity index is 571. The van der Waals surface area contributed by atoms with Crippen molar-refractivity contribution in [1.82, 2.24) is 0 Å². The maximum atomic E-state index is 2.46. The van der Waals surface area contributed by atoms with E-state index in [1.165, 1.54) is 42.8 Å². The Morgan fingerprint density at radius 1 is 1.00 bits per heavy atom. The van der Waals surface area contributed by atoms with Crippen LogP contribution in [0, 0.1) is 19.3 Å². The van der Waals surface area contributed by atoms with Crippen molar-refractivity contribution in [2.24, 2.45) is 5.41 Å². The molecule has 4 rings (SSSR count). The Kier molecular flexibility index (Phi) is 2.49. The quantitative estimate of drug-likeness (QED) is 0.622. The van der Waals surface area contributed by atoms with Crippen LogP contribution in [0.1, 0.15) is 41.5 Å². The molecule has 1 heteroatoms. The van der Waals surface area contributed by atoms with Crippen molar-refractivity contribution in [2.45, 2.75) is 44.9 Å². The van der Waals surface area contributed by atoms with Crippen LogP contribution in [-0.2, 0) is 11.8 Å². The topological polar surface area (TPSA) is 0 Å². The molecule has 1 fully saturated rings. The van der Waals surface area contributed by atoms with Crippen LogP contribution in [0.4, 0.5) is 0 Å². The molecule has 1 saturated heterocycles. The lowest BCUT2D eigenvalue weighted by molar-refractivity contribution is 0.141. The SMILES string of the molecule is Cc1ccc(C)c2c1CC[C@@]13CC=CC[C@@]21CSC3. The van der Waals surface area contributed by atoms with Crippen LogP contribution in [0.3, 0.4) is 0 Å². The van der Waals surface area contributed by atoms with E-state index in [0.717, 1.165) is 0 Å². The van der Waals surface area contributed by atoms with Gasteiger partial charge in [-0.15, -0.1) is 0 Å². The van der Waals surface area contributed by atoms with Crippen molar-refractivity contribution in [1.29, 1.82) is 0 Å². The van der Waals surface area contributed by atoms with Gasteiger partial charge in [0.1, 0.15) is 0 Å². The van der Waals surface area contributed by atoms with Crippen molar-refractivity contribution in [3.8, 4) is 0 Å². The Morgan fingerprint density at radius 3 is 2.68 bits per heavy atom. The Morgan fingerprint density at radius 2 is 1.79 bits per heavy atom. The van der Waals surface area contributed by atoms with Crippen LogP contribution in [-0.4, -0.2) is 11.5 Å². The van der Waals surface area contributed by atoms with Gasteiger partial charge in [-0.1, -0.05) is 24.3 Å². The van der Waals surface area contributed by atoms with E-state index in [9.17, 15) is 0 Å². The molecule has 1 aromatic carbocycles. The van der Waals surface area contributed by atoms with Crippen LogP contribution in [0.2, 0.25) is 0 Å². The van der Waals surface area contributed by atoms with Gasteiger partial charge in [0.25, 0.3) is 0 Å². The van der Waals surface area contributed by atoms with Crippen molar-refractivity contribution >= 4 is 11.8 Å². The fourth-order valence-corrected chi connectivity index (χ4v) is 6.86. The molecule has 19 heavy (non-hydrogen) atoms. The standard InChI is InChI=1S/C18H22S/c1-13-5-6-14(2)16-15(13)7-10-17-8-3-4-9-18(16,17)12-19-11-17/h3-6H,7-12H2,1-2H3/t17-,18-/m1/s1.